The van der Waals surface area contributed by atoms with Gasteiger partial charge in [-0.2, -0.15) is 5.26 Å². The van der Waals surface area contributed by atoms with Crippen molar-refractivity contribution in [3.8, 4) is 6.07 Å². The molecule has 1 N–H and O–H groups in total. The predicted octanol–water partition coefficient (Wildman–Crippen LogP) is 11.5. The molecule has 0 bridgehead atoms. The summed E-state index contributed by atoms with van der Waals surface area (Å²) in [5.41, 5.74) is -4.67. The molecule has 0 radical (unpaired) electrons. The molecule has 4 atom stereocenters. The molecule has 0 spiro atoms. The Balaban J connectivity index is 5.05. The number of nitriles is 1. The Morgan fingerprint density at radius 2 is 1.16 bits per heavy atom. The van der Waals surface area contributed by atoms with Gasteiger partial charge in [-0.3, -0.25) is 23.2 Å². The number of rotatable bonds is 37. The molecule has 0 fully saturated rings. The van der Waals surface area contributed by atoms with Gasteiger partial charge in [0.25, 0.3) is 0 Å². The largest absolute Gasteiger partial charge is 0.474 e. The van der Waals surface area contributed by atoms with Gasteiger partial charge < -0.3 is 19.1 Å². The molecule has 0 aromatic carbocycles. The van der Waals surface area contributed by atoms with Gasteiger partial charge in [-0.05, 0) is 57.8 Å². The van der Waals surface area contributed by atoms with E-state index in [1.165, 1.54) is 90.6 Å². The summed E-state index contributed by atoms with van der Waals surface area (Å²) in [4.78, 5) is 26.9. The summed E-state index contributed by atoms with van der Waals surface area (Å²) in [7, 11) is 3.31. The third-order valence-electron chi connectivity index (χ3n) is 12.6. The number of aliphatic hydroxyl groups is 1. The number of carbonyl (C=O) groups excluding carboxylic acids is 2. The van der Waals surface area contributed by atoms with Crippen molar-refractivity contribution in [2.45, 2.75) is 195 Å². The molecule has 0 aliphatic rings. The molecule has 0 rings (SSSR count). The Bertz CT molecular complexity index is 1180. The van der Waals surface area contributed by atoms with Gasteiger partial charge in [-0.25, -0.2) is 4.57 Å². The van der Waals surface area contributed by atoms with Crippen LogP contribution in [0.1, 0.15) is 190 Å². The lowest BCUT2D eigenvalue weighted by atomic mass is 9.53. The maximum atomic E-state index is 14.0. The number of phosphoric acid groups is 1. The van der Waals surface area contributed by atoms with Crippen LogP contribution in [0.2, 0.25) is 0 Å². The van der Waals surface area contributed by atoms with E-state index < -0.39 is 35.6 Å². The number of esters is 2. The number of unbranched alkanes of at least 4 members (excludes halogenated alkanes) is 15. The molecule has 0 saturated carbocycles. The minimum Gasteiger partial charge on any atom is -0.466 e. The summed E-state index contributed by atoms with van der Waals surface area (Å²) in [5, 5.41) is 22.5. The molecular weight excluding hydrogens is 743 g/mol. The second-order valence-electron chi connectivity index (χ2n) is 18.1. The van der Waals surface area contributed by atoms with Crippen molar-refractivity contribution in [1.29, 1.82) is 5.26 Å². The van der Waals surface area contributed by atoms with Gasteiger partial charge in [0.05, 0.1) is 56.9 Å². The van der Waals surface area contributed by atoms with Crippen LogP contribution in [0.3, 0.4) is 0 Å². The molecule has 0 saturated heterocycles. The second-order valence-corrected chi connectivity index (χ2v) is 19.9. The molecule has 0 aromatic rings. The highest BCUT2D eigenvalue weighted by Gasteiger charge is 2.57. The summed E-state index contributed by atoms with van der Waals surface area (Å²) < 4.78 is 40.6. The highest BCUT2D eigenvalue weighted by molar-refractivity contribution is 7.48. The lowest BCUT2D eigenvalue weighted by Crippen LogP contribution is -2.55. The summed E-state index contributed by atoms with van der Waals surface area (Å²) in [6.07, 6.45) is 22.0. The first kappa shape index (κ1) is 55.5. The third-order valence-corrected chi connectivity index (χ3v) is 14.1. The molecule has 11 nitrogen and oxygen atoms in total. The lowest BCUT2D eigenvalue weighted by molar-refractivity contribution is -0.870. The van der Waals surface area contributed by atoms with Gasteiger partial charge in [-0.1, -0.05) is 131 Å². The molecule has 4 unspecified atom stereocenters. The number of carbonyl (C=O) groups is 2. The monoisotopic (exact) mass is 832 g/mol. The zero-order chi connectivity index (χ0) is 43.5. The fourth-order valence-electron chi connectivity index (χ4n) is 7.71. The Morgan fingerprint density at radius 3 is 1.58 bits per heavy atom. The second kappa shape index (κ2) is 28.8. The van der Waals surface area contributed by atoms with Crippen molar-refractivity contribution in [3.05, 3.63) is 0 Å². The first-order chi connectivity index (χ1) is 26.8. The van der Waals surface area contributed by atoms with E-state index >= 15 is 0 Å². The number of hydrogen-bond acceptors (Lipinski definition) is 10. The van der Waals surface area contributed by atoms with Gasteiger partial charge in [-0.15, -0.1) is 0 Å². The van der Waals surface area contributed by atoms with E-state index in [9.17, 15) is 24.5 Å². The number of nitrogens with zero attached hydrogens (tertiary/aromatic N) is 2. The van der Waals surface area contributed by atoms with Crippen LogP contribution in [-0.2, 0) is 37.2 Å². The van der Waals surface area contributed by atoms with Crippen LogP contribution >= 0.6 is 7.82 Å². The van der Waals surface area contributed by atoms with Crippen molar-refractivity contribution in [1.82, 2.24) is 0 Å². The lowest BCUT2D eigenvalue weighted by Gasteiger charge is -2.51. The highest BCUT2D eigenvalue weighted by atomic mass is 31.2. The number of likely N-dealkylation sites (N-methyl/N-ethyl adjacent to an activating group) is 1. The van der Waals surface area contributed by atoms with Crippen LogP contribution in [0.25, 0.3) is 0 Å². The average Bonchev–Trinajstić information content (AvgIpc) is 3.18. The molecular formula is C45H88N2O9P+. The minimum atomic E-state index is -3.86. The van der Waals surface area contributed by atoms with E-state index in [0.717, 1.165) is 19.3 Å². The van der Waals surface area contributed by atoms with E-state index in [1.54, 1.807) is 6.92 Å². The Kier molecular flexibility index (Phi) is 28.1. The molecule has 12 heteroatoms. The van der Waals surface area contributed by atoms with Crippen LogP contribution in [-0.4, -0.2) is 88.4 Å². The van der Waals surface area contributed by atoms with E-state index in [1.807, 2.05) is 55.8 Å². The molecule has 0 amide bonds. The molecule has 57 heavy (non-hydrogen) atoms. The van der Waals surface area contributed by atoms with Gasteiger partial charge >= 0.3 is 19.8 Å². The summed E-state index contributed by atoms with van der Waals surface area (Å²) in [6.45, 7) is 14.0. The third kappa shape index (κ3) is 21.0. The van der Waals surface area contributed by atoms with Crippen molar-refractivity contribution in [2.75, 3.05) is 61.2 Å². The van der Waals surface area contributed by atoms with Crippen molar-refractivity contribution < 1.29 is 46.8 Å². The van der Waals surface area contributed by atoms with Crippen molar-refractivity contribution >= 4 is 19.8 Å². The maximum absolute atomic E-state index is 14.0. The molecule has 0 aromatic heterocycles. The van der Waals surface area contributed by atoms with Crippen molar-refractivity contribution in [3.63, 3.8) is 0 Å². The van der Waals surface area contributed by atoms with E-state index in [4.69, 9.17) is 23.0 Å². The van der Waals surface area contributed by atoms with Crippen LogP contribution in [0.4, 0.5) is 0 Å². The topological polar surface area (TPSA) is 141 Å². The molecule has 336 valence electrons. The van der Waals surface area contributed by atoms with Gasteiger partial charge in [0, 0.05) is 13.5 Å². The number of quaternary nitrogens is 1. The number of ether oxygens (including phenoxy) is 2. The molecule has 0 aliphatic heterocycles. The molecule has 0 heterocycles. The Hall–Kier alpha value is -1.54. The van der Waals surface area contributed by atoms with E-state index in [0.29, 0.717) is 24.1 Å². The molecule has 0 aliphatic carbocycles. The average molecular weight is 832 g/mol. The first-order valence-corrected chi connectivity index (χ1v) is 24.0. The predicted molar refractivity (Wildman–Crippen MR) is 230 cm³/mol. The summed E-state index contributed by atoms with van der Waals surface area (Å²) in [6, 6.07) is 2.48. The van der Waals surface area contributed by atoms with Gasteiger partial charge in [0.2, 0.25) is 0 Å². The minimum absolute atomic E-state index is 0.0826. The van der Waals surface area contributed by atoms with Crippen molar-refractivity contribution in [2.24, 2.45) is 16.2 Å². The van der Waals surface area contributed by atoms with E-state index in [2.05, 4.69) is 13.0 Å². The Morgan fingerprint density at radius 1 is 0.684 bits per heavy atom. The first-order valence-electron chi connectivity index (χ1n) is 22.5. The fourth-order valence-corrected chi connectivity index (χ4v) is 8.60. The normalized spacial score (nSPS) is 16.5. The van der Waals surface area contributed by atoms with Gasteiger partial charge in [0.1, 0.15) is 19.8 Å². The highest BCUT2D eigenvalue weighted by Crippen LogP contribution is 2.55. The van der Waals surface area contributed by atoms with Crippen LogP contribution in [0, 0.1) is 27.6 Å². The van der Waals surface area contributed by atoms with Crippen LogP contribution in [0.15, 0.2) is 0 Å². The van der Waals surface area contributed by atoms with Crippen LogP contribution in [0.5, 0.6) is 0 Å². The number of phosphoric ester groups is 1. The summed E-state index contributed by atoms with van der Waals surface area (Å²) in [5.74, 6) is -0.972. The zero-order valence-corrected chi connectivity index (χ0v) is 39.5. The standard InChI is InChI=1S/C45H88N2O9P/c1-12-16-17-18-19-20-21-22-23-24-25-26-27-28-29-30-34-53-40(48)31-32-43(6,39-46)42(5,13-2)38-44(7,45(50,14-3)15-4)41(49)54-36-37-56-57(51,52-11)55-35-33-47(8,9)10/h50H,12-38H2,1-11H3/q+1. The van der Waals surface area contributed by atoms with Crippen LogP contribution < -0.4 is 0 Å². The Labute approximate surface area is 349 Å². The van der Waals surface area contributed by atoms with Gasteiger partial charge in [0.15, 0.2) is 0 Å². The number of hydrogen-bond donors (Lipinski definition) is 1. The SMILES string of the molecule is CCCCCCCCCCCCCCCCCCOC(=O)CCC(C)(C#N)C(C)(CC)CC(C)(C(=O)OCCOP(=O)(OC)OCC[N+](C)(C)C)C(O)(CC)CC. The zero-order valence-electron chi connectivity index (χ0n) is 38.6. The maximum Gasteiger partial charge on any atom is 0.474 e. The summed E-state index contributed by atoms with van der Waals surface area (Å²) >= 11 is 0. The fraction of sp³-hybridized carbons (Fsp3) is 0.933. The smallest absolute Gasteiger partial charge is 0.466 e. The van der Waals surface area contributed by atoms with E-state index in [-0.39, 0.29) is 57.9 Å². The quantitative estimate of drug-likeness (QED) is 0.0278.